The van der Waals surface area contributed by atoms with Gasteiger partial charge in [0.05, 0.1) is 5.56 Å². The molecule has 1 aliphatic heterocycles. The molecule has 8 nitrogen and oxygen atoms in total. The first-order valence-corrected chi connectivity index (χ1v) is 7.23. The van der Waals surface area contributed by atoms with E-state index in [1.54, 1.807) is 38.7 Å². The molecule has 1 aliphatic rings. The second-order valence-corrected chi connectivity index (χ2v) is 6.50. The van der Waals surface area contributed by atoms with E-state index in [-0.39, 0.29) is 5.84 Å². The lowest BCUT2D eigenvalue weighted by molar-refractivity contribution is 0.0635. The maximum absolute atomic E-state index is 11.9. The van der Waals surface area contributed by atoms with Crippen LogP contribution in [0.15, 0.2) is 22.5 Å². The van der Waals surface area contributed by atoms with Gasteiger partial charge < -0.3 is 10.1 Å². The zero-order chi connectivity index (χ0) is 17.4. The summed E-state index contributed by atoms with van der Waals surface area (Å²) in [6.07, 6.45) is 1.13. The van der Waals surface area contributed by atoms with Crippen LogP contribution in [0.3, 0.4) is 0 Å². The summed E-state index contributed by atoms with van der Waals surface area (Å²) in [6.45, 7) is 9.15. The third-order valence-electron chi connectivity index (χ3n) is 2.88. The Morgan fingerprint density at radius 2 is 2.04 bits per heavy atom. The molecular weight excluding hydrogens is 296 g/mol. The molecule has 0 unspecified atom stereocenters. The maximum Gasteiger partial charge on any atom is 0.413 e. The van der Waals surface area contributed by atoms with Crippen LogP contribution in [0.5, 0.6) is 0 Å². The van der Waals surface area contributed by atoms with Gasteiger partial charge in [0.1, 0.15) is 23.0 Å². The average Bonchev–Trinajstić information content (AvgIpc) is 2.90. The number of nitrogens with one attached hydrogen (secondary N) is 3. The predicted molar refractivity (Wildman–Crippen MR) is 88.8 cm³/mol. The number of hydrogen-bond donors (Lipinski definition) is 3. The van der Waals surface area contributed by atoms with Crippen molar-refractivity contribution >= 4 is 23.6 Å². The Balaban J connectivity index is 2.29. The van der Waals surface area contributed by atoms with Crippen LogP contribution in [0.25, 0.3) is 0 Å². The highest BCUT2D eigenvalue weighted by atomic mass is 16.6. The maximum atomic E-state index is 11.9. The van der Waals surface area contributed by atoms with E-state index >= 15 is 0 Å². The second-order valence-electron chi connectivity index (χ2n) is 6.50. The number of hydrogen-bond acceptors (Lipinski definition) is 5. The van der Waals surface area contributed by atoms with Crippen molar-refractivity contribution < 1.29 is 9.53 Å². The van der Waals surface area contributed by atoms with Gasteiger partial charge in [-0.15, -0.1) is 0 Å². The number of carbonyl (C=O) groups is 1. The number of amides is 1. The first kappa shape index (κ1) is 16.7. The highest BCUT2D eigenvalue weighted by molar-refractivity contribution is 6.21. The number of ether oxygens (including phenoxy) is 1. The number of aryl methyl sites for hydroxylation is 1. The van der Waals surface area contributed by atoms with Gasteiger partial charge >= 0.3 is 6.09 Å². The quantitative estimate of drug-likeness (QED) is 0.778. The normalized spacial score (nSPS) is 14.4. The standard InChI is InChI=1S/C15H22N6O2/c1-8(2)10-11(16)18-12(17-10)9-7-21(6)20-13(9)19-14(22)23-15(3,4)5/h7H,1-6H3,(H2,16,17,18)(H,19,20,22). The lowest BCUT2D eigenvalue weighted by Crippen LogP contribution is -2.29. The lowest BCUT2D eigenvalue weighted by Gasteiger charge is -2.19. The zero-order valence-corrected chi connectivity index (χ0v) is 14.2. The van der Waals surface area contributed by atoms with E-state index in [1.807, 2.05) is 13.8 Å². The lowest BCUT2D eigenvalue weighted by atomic mass is 10.2. The highest BCUT2D eigenvalue weighted by Gasteiger charge is 2.25. The van der Waals surface area contributed by atoms with Crippen LogP contribution in [-0.2, 0) is 11.8 Å². The molecule has 0 fully saturated rings. The minimum absolute atomic E-state index is 0.229. The van der Waals surface area contributed by atoms with Crippen LogP contribution in [-0.4, -0.2) is 33.1 Å². The summed E-state index contributed by atoms with van der Waals surface area (Å²) >= 11 is 0. The molecule has 0 spiro atoms. The average molecular weight is 318 g/mol. The fourth-order valence-corrected chi connectivity index (χ4v) is 2.02. The van der Waals surface area contributed by atoms with E-state index < -0.39 is 11.7 Å². The van der Waals surface area contributed by atoms with Gasteiger partial charge in [-0.2, -0.15) is 5.10 Å². The molecule has 3 N–H and O–H groups in total. The molecule has 0 aliphatic carbocycles. The summed E-state index contributed by atoms with van der Waals surface area (Å²) in [7, 11) is 1.74. The van der Waals surface area contributed by atoms with Crippen LogP contribution in [0.1, 0.15) is 40.2 Å². The molecule has 1 amide bonds. The number of anilines is 1. The van der Waals surface area contributed by atoms with Gasteiger partial charge in [0.2, 0.25) is 0 Å². The predicted octanol–water partition coefficient (Wildman–Crippen LogP) is 2.39. The number of allylic oxidation sites excluding steroid dienone is 1. The van der Waals surface area contributed by atoms with Gasteiger partial charge in [0.15, 0.2) is 5.82 Å². The van der Waals surface area contributed by atoms with Gasteiger partial charge in [0, 0.05) is 13.2 Å². The fourth-order valence-electron chi connectivity index (χ4n) is 2.02. The van der Waals surface area contributed by atoms with Gasteiger partial charge in [-0.3, -0.25) is 15.4 Å². The number of nitrogens with zero attached hydrogens (tertiary/aromatic N) is 3. The van der Waals surface area contributed by atoms with Crippen LogP contribution in [0.2, 0.25) is 0 Å². The molecular formula is C15H22N6O2. The third kappa shape index (κ3) is 3.97. The second kappa shape index (κ2) is 5.86. The van der Waals surface area contributed by atoms with Crippen molar-refractivity contribution in [2.24, 2.45) is 12.0 Å². The van der Waals surface area contributed by atoms with E-state index in [9.17, 15) is 4.79 Å². The summed E-state index contributed by atoms with van der Waals surface area (Å²) in [5, 5.41) is 17.7. The summed E-state index contributed by atoms with van der Waals surface area (Å²) in [4.78, 5) is 16.4. The van der Waals surface area contributed by atoms with Gasteiger partial charge in [0.25, 0.3) is 0 Å². The fraction of sp³-hybridized carbons (Fsp3) is 0.467. The summed E-state index contributed by atoms with van der Waals surface area (Å²) < 4.78 is 6.80. The summed E-state index contributed by atoms with van der Waals surface area (Å²) in [5.41, 5.74) is 1.52. The number of aliphatic imine (C=N–C) groups is 1. The first-order chi connectivity index (χ1) is 10.6. The minimum Gasteiger partial charge on any atom is -0.444 e. The van der Waals surface area contributed by atoms with E-state index in [2.05, 4.69) is 20.7 Å². The van der Waals surface area contributed by atoms with Crippen molar-refractivity contribution in [1.29, 1.82) is 5.41 Å². The van der Waals surface area contributed by atoms with Crippen LogP contribution in [0, 0.1) is 5.41 Å². The Labute approximate surface area is 135 Å². The van der Waals surface area contributed by atoms with E-state index in [1.165, 1.54) is 0 Å². The Morgan fingerprint density at radius 3 is 2.57 bits per heavy atom. The van der Waals surface area contributed by atoms with Gasteiger partial charge in [-0.1, -0.05) is 0 Å². The summed E-state index contributed by atoms with van der Waals surface area (Å²) in [6, 6.07) is 0. The smallest absolute Gasteiger partial charge is 0.413 e. The van der Waals surface area contributed by atoms with Crippen molar-refractivity contribution in [2.45, 2.75) is 40.2 Å². The number of rotatable bonds is 2. The molecule has 0 bridgehead atoms. The molecule has 0 aromatic carbocycles. The van der Waals surface area contributed by atoms with Crippen LogP contribution in [0.4, 0.5) is 10.6 Å². The number of amidine groups is 2. The van der Waals surface area contributed by atoms with Crippen LogP contribution < -0.4 is 10.6 Å². The van der Waals surface area contributed by atoms with Crippen molar-refractivity contribution in [3.63, 3.8) is 0 Å². The Hall–Kier alpha value is -2.64. The first-order valence-electron chi connectivity index (χ1n) is 7.23. The largest absolute Gasteiger partial charge is 0.444 e. The number of carbonyl (C=O) groups excluding carboxylic acids is 1. The Kier molecular flexibility index (Phi) is 4.26. The van der Waals surface area contributed by atoms with Gasteiger partial charge in [-0.25, -0.2) is 9.79 Å². The number of aromatic nitrogens is 2. The SMILES string of the molecule is CC(C)=C1N=C(c2cn(C)nc2NC(=O)OC(C)(C)C)NC1=N. The molecule has 0 atom stereocenters. The van der Waals surface area contributed by atoms with Crippen LogP contribution >= 0.6 is 0 Å². The summed E-state index contributed by atoms with van der Waals surface area (Å²) in [5.74, 6) is 1.04. The molecule has 0 radical (unpaired) electrons. The molecule has 124 valence electrons. The third-order valence-corrected chi connectivity index (χ3v) is 2.88. The highest BCUT2D eigenvalue weighted by Crippen LogP contribution is 2.20. The molecule has 2 heterocycles. The minimum atomic E-state index is -0.598. The molecule has 1 aromatic heterocycles. The Bertz CT molecular complexity index is 717. The van der Waals surface area contributed by atoms with E-state index in [0.717, 1.165) is 5.57 Å². The topological polar surface area (TPSA) is 104 Å². The molecule has 8 heteroatoms. The molecule has 23 heavy (non-hydrogen) atoms. The van der Waals surface area contributed by atoms with Crippen molar-refractivity contribution in [2.75, 3.05) is 5.32 Å². The van der Waals surface area contributed by atoms with Crippen molar-refractivity contribution in [3.8, 4) is 0 Å². The molecule has 2 rings (SSSR count). The molecule has 0 saturated heterocycles. The monoisotopic (exact) mass is 318 g/mol. The zero-order valence-electron chi connectivity index (χ0n) is 14.2. The molecule has 0 saturated carbocycles. The van der Waals surface area contributed by atoms with Crippen molar-refractivity contribution in [3.05, 3.63) is 23.0 Å². The van der Waals surface area contributed by atoms with Gasteiger partial charge in [-0.05, 0) is 40.2 Å². The van der Waals surface area contributed by atoms with E-state index in [0.29, 0.717) is 22.9 Å². The Morgan fingerprint density at radius 1 is 1.39 bits per heavy atom. The molecule has 1 aromatic rings. The van der Waals surface area contributed by atoms with Crippen molar-refractivity contribution in [1.82, 2.24) is 15.1 Å². The van der Waals surface area contributed by atoms with E-state index in [4.69, 9.17) is 10.1 Å².